The van der Waals surface area contributed by atoms with Gasteiger partial charge in [0, 0.05) is 13.2 Å². The lowest BCUT2D eigenvalue weighted by Crippen LogP contribution is -2.03. The minimum atomic E-state index is 0.690. The Balaban J connectivity index is 2.02. The van der Waals surface area contributed by atoms with Crippen molar-refractivity contribution in [2.45, 2.75) is 6.54 Å². The Morgan fingerprint density at radius 1 is 1.33 bits per heavy atom. The predicted molar refractivity (Wildman–Crippen MR) is 61.4 cm³/mol. The zero-order chi connectivity index (χ0) is 10.7. The van der Waals surface area contributed by atoms with E-state index >= 15 is 0 Å². The Hall–Kier alpha value is -1.97. The number of nitrogens with one attached hydrogen (secondary N) is 1. The maximum Gasteiger partial charge on any atom is 0.0815 e. The van der Waals surface area contributed by atoms with Gasteiger partial charge in [0.25, 0.3) is 0 Å². The van der Waals surface area contributed by atoms with Crippen LogP contribution in [0.1, 0.15) is 5.69 Å². The van der Waals surface area contributed by atoms with Crippen LogP contribution in [0.25, 0.3) is 0 Å². The maximum atomic E-state index is 5.80. The van der Waals surface area contributed by atoms with E-state index in [0.29, 0.717) is 6.54 Å². The van der Waals surface area contributed by atoms with Crippen LogP contribution in [0.15, 0.2) is 36.5 Å². The summed E-state index contributed by atoms with van der Waals surface area (Å²) in [5, 5.41) is 7.51. The number of hydrogen-bond donors (Lipinski definition) is 2. The van der Waals surface area contributed by atoms with Gasteiger partial charge < -0.3 is 11.1 Å². The van der Waals surface area contributed by atoms with Gasteiger partial charge in [-0.2, -0.15) is 5.10 Å². The monoisotopic (exact) mass is 202 g/mol. The molecule has 0 spiro atoms. The highest BCUT2D eigenvalue weighted by molar-refractivity contribution is 5.65. The van der Waals surface area contributed by atoms with Gasteiger partial charge in [0.15, 0.2) is 0 Å². The van der Waals surface area contributed by atoms with Gasteiger partial charge in [-0.25, -0.2) is 0 Å². The van der Waals surface area contributed by atoms with Crippen molar-refractivity contribution in [2.75, 3.05) is 11.1 Å². The summed E-state index contributed by atoms with van der Waals surface area (Å²) in [6.07, 6.45) is 1.92. The molecule has 15 heavy (non-hydrogen) atoms. The minimum Gasteiger partial charge on any atom is -0.397 e. The van der Waals surface area contributed by atoms with Crippen molar-refractivity contribution >= 4 is 11.4 Å². The Morgan fingerprint density at radius 2 is 2.13 bits per heavy atom. The summed E-state index contributed by atoms with van der Waals surface area (Å²) in [7, 11) is 1.90. The fraction of sp³-hybridized carbons (Fsp3) is 0.182. The molecule has 0 radical (unpaired) electrons. The molecule has 78 valence electrons. The molecule has 1 heterocycles. The zero-order valence-corrected chi connectivity index (χ0v) is 8.64. The Morgan fingerprint density at radius 3 is 2.80 bits per heavy atom. The SMILES string of the molecule is Cn1ccc(CNc2ccccc2N)n1. The second kappa shape index (κ2) is 4.04. The van der Waals surface area contributed by atoms with Crippen molar-refractivity contribution < 1.29 is 0 Å². The number of nitrogen functional groups attached to an aromatic ring is 1. The fourth-order valence-electron chi connectivity index (χ4n) is 1.40. The molecule has 0 aliphatic rings. The molecule has 0 aliphatic heterocycles. The molecule has 0 unspecified atom stereocenters. The summed E-state index contributed by atoms with van der Waals surface area (Å²) in [5.41, 5.74) is 8.51. The normalized spacial score (nSPS) is 10.2. The number of aryl methyl sites for hydroxylation is 1. The highest BCUT2D eigenvalue weighted by Crippen LogP contribution is 2.17. The van der Waals surface area contributed by atoms with Gasteiger partial charge in [0.2, 0.25) is 0 Å². The average molecular weight is 202 g/mol. The first-order chi connectivity index (χ1) is 7.25. The molecule has 4 heteroatoms. The van der Waals surface area contributed by atoms with E-state index in [9.17, 15) is 0 Å². The quantitative estimate of drug-likeness (QED) is 0.743. The van der Waals surface area contributed by atoms with E-state index in [2.05, 4.69) is 10.4 Å². The van der Waals surface area contributed by atoms with Crippen molar-refractivity contribution in [1.29, 1.82) is 0 Å². The number of anilines is 2. The van der Waals surface area contributed by atoms with E-state index in [1.807, 2.05) is 43.6 Å². The summed E-state index contributed by atoms with van der Waals surface area (Å²) >= 11 is 0. The van der Waals surface area contributed by atoms with E-state index in [0.717, 1.165) is 17.1 Å². The van der Waals surface area contributed by atoms with Gasteiger partial charge in [-0.05, 0) is 18.2 Å². The molecule has 0 aliphatic carbocycles. The molecule has 3 N–H and O–H groups in total. The van der Waals surface area contributed by atoms with Crippen molar-refractivity contribution in [2.24, 2.45) is 7.05 Å². The van der Waals surface area contributed by atoms with Gasteiger partial charge in [-0.1, -0.05) is 12.1 Å². The minimum absolute atomic E-state index is 0.690. The van der Waals surface area contributed by atoms with Crippen LogP contribution in [0.4, 0.5) is 11.4 Å². The Kier molecular flexibility index (Phi) is 2.58. The molecule has 0 saturated heterocycles. The smallest absolute Gasteiger partial charge is 0.0815 e. The summed E-state index contributed by atoms with van der Waals surface area (Å²) in [4.78, 5) is 0. The number of benzene rings is 1. The molecule has 0 bridgehead atoms. The molecule has 0 atom stereocenters. The van der Waals surface area contributed by atoms with Crippen molar-refractivity contribution in [3.05, 3.63) is 42.2 Å². The number of hydrogen-bond acceptors (Lipinski definition) is 3. The molecule has 0 saturated carbocycles. The van der Waals surface area contributed by atoms with E-state index in [-0.39, 0.29) is 0 Å². The maximum absolute atomic E-state index is 5.80. The van der Waals surface area contributed by atoms with Gasteiger partial charge >= 0.3 is 0 Å². The molecule has 2 rings (SSSR count). The molecule has 4 nitrogen and oxygen atoms in total. The largest absolute Gasteiger partial charge is 0.397 e. The lowest BCUT2D eigenvalue weighted by atomic mass is 10.2. The van der Waals surface area contributed by atoms with Crippen LogP contribution in [-0.2, 0) is 13.6 Å². The summed E-state index contributed by atoms with van der Waals surface area (Å²) in [6, 6.07) is 9.68. The standard InChI is InChI=1S/C11H14N4/c1-15-7-6-9(14-15)8-13-11-5-3-2-4-10(11)12/h2-7,13H,8,12H2,1H3. The van der Waals surface area contributed by atoms with E-state index < -0.39 is 0 Å². The first kappa shape index (κ1) is 9.58. The Bertz CT molecular complexity index is 447. The highest BCUT2D eigenvalue weighted by Gasteiger charge is 1.99. The number of rotatable bonds is 3. The molecule has 0 fully saturated rings. The van der Waals surface area contributed by atoms with Crippen LogP contribution in [0.3, 0.4) is 0 Å². The lowest BCUT2D eigenvalue weighted by Gasteiger charge is -2.06. The number of aromatic nitrogens is 2. The first-order valence-electron chi connectivity index (χ1n) is 4.82. The zero-order valence-electron chi connectivity index (χ0n) is 8.64. The van der Waals surface area contributed by atoms with Crippen LogP contribution >= 0.6 is 0 Å². The third-order valence-corrected chi connectivity index (χ3v) is 2.19. The molecule has 1 aromatic carbocycles. The fourth-order valence-corrected chi connectivity index (χ4v) is 1.40. The topological polar surface area (TPSA) is 55.9 Å². The second-order valence-electron chi connectivity index (χ2n) is 3.42. The van der Waals surface area contributed by atoms with E-state index in [1.54, 1.807) is 4.68 Å². The molecule has 0 amide bonds. The third-order valence-electron chi connectivity index (χ3n) is 2.19. The lowest BCUT2D eigenvalue weighted by molar-refractivity contribution is 0.747. The van der Waals surface area contributed by atoms with Crippen molar-refractivity contribution in [3.63, 3.8) is 0 Å². The predicted octanol–water partition coefficient (Wildman–Crippen LogP) is 1.61. The molecular weight excluding hydrogens is 188 g/mol. The van der Waals surface area contributed by atoms with Gasteiger partial charge in [0.05, 0.1) is 23.6 Å². The third kappa shape index (κ3) is 2.28. The summed E-state index contributed by atoms with van der Waals surface area (Å²) < 4.78 is 1.78. The average Bonchev–Trinajstić information content (AvgIpc) is 2.63. The van der Waals surface area contributed by atoms with Crippen LogP contribution in [0.5, 0.6) is 0 Å². The van der Waals surface area contributed by atoms with Crippen LogP contribution in [0, 0.1) is 0 Å². The van der Waals surface area contributed by atoms with E-state index in [4.69, 9.17) is 5.73 Å². The van der Waals surface area contributed by atoms with Crippen molar-refractivity contribution in [1.82, 2.24) is 9.78 Å². The molecular formula is C11H14N4. The molecule has 2 aromatic rings. The van der Waals surface area contributed by atoms with Gasteiger partial charge in [0.1, 0.15) is 0 Å². The Labute approximate surface area is 88.7 Å². The van der Waals surface area contributed by atoms with Crippen LogP contribution in [-0.4, -0.2) is 9.78 Å². The van der Waals surface area contributed by atoms with Crippen LogP contribution in [0.2, 0.25) is 0 Å². The van der Waals surface area contributed by atoms with Gasteiger partial charge in [-0.3, -0.25) is 4.68 Å². The second-order valence-corrected chi connectivity index (χ2v) is 3.42. The number of nitrogens with two attached hydrogens (primary N) is 1. The molecule has 1 aromatic heterocycles. The van der Waals surface area contributed by atoms with Crippen molar-refractivity contribution in [3.8, 4) is 0 Å². The highest BCUT2D eigenvalue weighted by atomic mass is 15.3. The summed E-state index contributed by atoms with van der Waals surface area (Å²) in [5.74, 6) is 0. The number of nitrogens with zero attached hydrogens (tertiary/aromatic N) is 2. The number of para-hydroxylation sites is 2. The summed E-state index contributed by atoms with van der Waals surface area (Å²) in [6.45, 7) is 0.690. The van der Waals surface area contributed by atoms with Crippen LogP contribution < -0.4 is 11.1 Å². The van der Waals surface area contributed by atoms with Gasteiger partial charge in [-0.15, -0.1) is 0 Å². The van der Waals surface area contributed by atoms with E-state index in [1.165, 1.54) is 0 Å². The first-order valence-corrected chi connectivity index (χ1v) is 4.82.